The Kier molecular flexibility index (Phi) is 23.2. The number of hydrogen-bond acceptors (Lipinski definition) is 19. The molecule has 0 aliphatic heterocycles. The lowest BCUT2D eigenvalue weighted by Crippen LogP contribution is -2.59. The molecule has 6 unspecified atom stereocenters. The lowest BCUT2D eigenvalue weighted by molar-refractivity contribution is -0.159. The number of nitrogens with one attached hydrogen (secondary N) is 4. The van der Waals surface area contributed by atoms with Crippen LogP contribution in [0.3, 0.4) is 0 Å². The van der Waals surface area contributed by atoms with E-state index in [0.717, 1.165) is 14.7 Å². The minimum atomic E-state index is -1.71. The number of rotatable bonds is 25. The highest BCUT2D eigenvalue weighted by Gasteiger charge is 2.40. The van der Waals surface area contributed by atoms with Crippen molar-refractivity contribution < 1.29 is 62.5 Å². The molecule has 25 nitrogen and oxygen atoms in total. The predicted octanol–water partition coefficient (Wildman–Crippen LogP) is -0.332. The second-order valence-electron chi connectivity index (χ2n) is 18.9. The molecular weight excluding hydrogens is 1050 g/mol. The number of amides is 8. The van der Waals surface area contributed by atoms with E-state index in [0.29, 0.717) is 22.1 Å². The van der Waals surface area contributed by atoms with E-state index in [1.807, 2.05) is 0 Å². The SMILES string of the molecule is COC(=O)C(C(C)C)N(C)C(=O)[C@H](CS)N(C)C(=O)C(C)NC(=O)C(COC(=O)C(C(C)C)N(C)C(=O)[C@H](CS)N(C)C(=O)C(C)NC(=O)C(CO)NC(=O)c1cnc2ccccc2n1)NC(=O)c1cnc2ccccc2n1. The summed E-state index contributed by atoms with van der Waals surface area (Å²) in [6.45, 7) is 7.60. The number of thiol groups is 2. The maximum Gasteiger partial charge on any atom is 0.329 e. The van der Waals surface area contributed by atoms with Gasteiger partial charge in [0, 0.05) is 39.7 Å². The molecule has 8 amide bonds. The number of esters is 2. The third-order valence-electron chi connectivity index (χ3n) is 12.7. The summed E-state index contributed by atoms with van der Waals surface area (Å²) in [4.78, 5) is 158. The van der Waals surface area contributed by atoms with Crippen LogP contribution in [0.25, 0.3) is 22.1 Å². The van der Waals surface area contributed by atoms with Gasteiger partial charge in [-0.2, -0.15) is 25.3 Å². The molecule has 2 aromatic carbocycles. The highest BCUT2D eigenvalue weighted by molar-refractivity contribution is 7.80. The molecule has 422 valence electrons. The van der Waals surface area contributed by atoms with E-state index in [1.54, 1.807) is 76.2 Å². The molecule has 0 aliphatic rings. The van der Waals surface area contributed by atoms with E-state index in [2.05, 4.69) is 66.5 Å². The number of carbonyl (C=O) groups excluding carboxylic acids is 10. The Hall–Kier alpha value is -7.52. The van der Waals surface area contributed by atoms with Gasteiger partial charge >= 0.3 is 11.9 Å². The summed E-state index contributed by atoms with van der Waals surface area (Å²) < 4.78 is 10.6. The van der Waals surface area contributed by atoms with Gasteiger partial charge in [0.2, 0.25) is 35.4 Å². The van der Waals surface area contributed by atoms with Crippen LogP contribution in [0, 0.1) is 11.8 Å². The fraction of sp³-hybridized carbons (Fsp3) is 0.490. The van der Waals surface area contributed by atoms with Gasteiger partial charge in [-0.25, -0.2) is 19.6 Å². The van der Waals surface area contributed by atoms with Crippen LogP contribution < -0.4 is 21.3 Å². The topological polar surface area (TPSA) is 322 Å². The Morgan fingerprint density at radius 3 is 1.28 bits per heavy atom. The molecule has 0 saturated carbocycles. The second-order valence-corrected chi connectivity index (χ2v) is 19.6. The number of fused-ring (bicyclic) bond motifs is 2. The van der Waals surface area contributed by atoms with Crippen molar-refractivity contribution in [1.29, 1.82) is 0 Å². The third-order valence-corrected chi connectivity index (χ3v) is 13.4. The molecule has 0 spiro atoms. The summed E-state index contributed by atoms with van der Waals surface area (Å²) in [7, 11) is 6.46. The van der Waals surface area contributed by atoms with Crippen molar-refractivity contribution in [2.75, 3.05) is 60.0 Å². The van der Waals surface area contributed by atoms with Crippen LogP contribution in [0.1, 0.15) is 62.5 Å². The minimum Gasteiger partial charge on any atom is -0.467 e. The van der Waals surface area contributed by atoms with Gasteiger partial charge in [-0.1, -0.05) is 52.0 Å². The Balaban J connectivity index is 1.49. The van der Waals surface area contributed by atoms with E-state index in [4.69, 9.17) is 9.47 Å². The quantitative estimate of drug-likeness (QED) is 0.0330. The number of para-hydroxylation sites is 4. The van der Waals surface area contributed by atoms with E-state index in [-0.39, 0.29) is 28.8 Å². The van der Waals surface area contributed by atoms with Gasteiger partial charge in [0.1, 0.15) is 66.3 Å². The lowest BCUT2D eigenvalue weighted by atomic mass is 10.0. The summed E-state index contributed by atoms with van der Waals surface area (Å²) in [5, 5.41) is 19.8. The fourth-order valence-corrected chi connectivity index (χ4v) is 9.05. The molecule has 5 N–H and O–H groups in total. The van der Waals surface area contributed by atoms with E-state index >= 15 is 0 Å². The van der Waals surface area contributed by atoms with Crippen molar-refractivity contribution in [3.8, 4) is 0 Å². The summed E-state index contributed by atoms with van der Waals surface area (Å²) in [5.74, 6) is -9.80. The summed E-state index contributed by atoms with van der Waals surface area (Å²) in [6, 6.07) is 2.68. The minimum absolute atomic E-state index is 0.127. The lowest BCUT2D eigenvalue weighted by Gasteiger charge is -2.36. The van der Waals surface area contributed by atoms with Crippen LogP contribution in [-0.2, 0) is 47.8 Å². The average Bonchev–Trinajstić information content (AvgIpc) is 3.42. The number of methoxy groups -OCH3 is 1. The molecule has 4 aromatic rings. The van der Waals surface area contributed by atoms with Crippen molar-refractivity contribution in [2.24, 2.45) is 11.8 Å². The maximum absolute atomic E-state index is 14.2. The van der Waals surface area contributed by atoms with Gasteiger partial charge in [0.15, 0.2) is 0 Å². The molecule has 27 heteroatoms. The molecule has 0 aliphatic carbocycles. The third kappa shape index (κ3) is 15.6. The predicted molar refractivity (Wildman–Crippen MR) is 290 cm³/mol. The zero-order valence-electron chi connectivity index (χ0n) is 45.2. The molecule has 0 fully saturated rings. The fourth-order valence-electron chi connectivity index (χ4n) is 8.25. The van der Waals surface area contributed by atoms with Crippen molar-refractivity contribution in [1.82, 2.24) is 60.8 Å². The Labute approximate surface area is 462 Å². The highest BCUT2D eigenvalue weighted by atomic mass is 32.1. The molecular formula is C51H68N12O13S2. The van der Waals surface area contributed by atoms with Crippen molar-refractivity contribution in [3.05, 3.63) is 72.3 Å². The van der Waals surface area contributed by atoms with Gasteiger partial charge in [-0.3, -0.25) is 48.3 Å². The molecule has 8 atom stereocenters. The summed E-state index contributed by atoms with van der Waals surface area (Å²) in [5.41, 5.74) is 1.44. The first-order valence-corrected chi connectivity index (χ1v) is 25.9. The van der Waals surface area contributed by atoms with Crippen molar-refractivity contribution >= 4 is 107 Å². The number of ether oxygens (including phenoxy) is 2. The largest absolute Gasteiger partial charge is 0.467 e. The second kappa shape index (κ2) is 28.7. The van der Waals surface area contributed by atoms with Crippen LogP contribution in [0.5, 0.6) is 0 Å². The number of likely N-dealkylation sites (N-methyl/N-ethyl adjacent to an activating group) is 4. The van der Waals surface area contributed by atoms with Crippen molar-refractivity contribution in [3.63, 3.8) is 0 Å². The Morgan fingerprint density at radius 1 is 0.538 bits per heavy atom. The first kappa shape index (κ1) is 63.0. The van der Waals surface area contributed by atoms with Crippen LogP contribution >= 0.6 is 25.3 Å². The molecule has 0 bridgehead atoms. The Bertz CT molecular complexity index is 2860. The van der Waals surface area contributed by atoms with E-state index in [1.165, 1.54) is 66.4 Å². The molecule has 4 rings (SSSR count). The van der Waals surface area contributed by atoms with Gasteiger partial charge in [0.25, 0.3) is 11.8 Å². The zero-order valence-corrected chi connectivity index (χ0v) is 47.0. The first-order valence-electron chi connectivity index (χ1n) is 24.6. The van der Waals surface area contributed by atoms with Gasteiger partial charge < -0.3 is 55.4 Å². The van der Waals surface area contributed by atoms with Gasteiger partial charge in [0.05, 0.1) is 48.2 Å². The number of carbonyl (C=O) groups is 10. The maximum atomic E-state index is 14.2. The van der Waals surface area contributed by atoms with Gasteiger partial charge in [-0.05, 0) is 49.9 Å². The van der Waals surface area contributed by atoms with Crippen LogP contribution in [0.2, 0.25) is 0 Å². The molecule has 0 saturated heterocycles. The smallest absolute Gasteiger partial charge is 0.329 e. The van der Waals surface area contributed by atoms with E-state index < -0.39 is 127 Å². The van der Waals surface area contributed by atoms with Crippen molar-refractivity contribution in [2.45, 2.75) is 89.9 Å². The average molecular weight is 1120 g/mol. The number of nitrogens with zero attached hydrogens (tertiary/aromatic N) is 8. The summed E-state index contributed by atoms with van der Waals surface area (Å²) >= 11 is 8.63. The normalized spacial score (nSPS) is 14.3. The Morgan fingerprint density at radius 2 is 0.910 bits per heavy atom. The van der Waals surface area contributed by atoms with Crippen LogP contribution in [-0.4, -0.2) is 212 Å². The van der Waals surface area contributed by atoms with Crippen LogP contribution in [0.4, 0.5) is 0 Å². The van der Waals surface area contributed by atoms with Gasteiger partial charge in [-0.15, -0.1) is 0 Å². The summed E-state index contributed by atoms with van der Waals surface area (Å²) in [6.07, 6.45) is 2.38. The van der Waals surface area contributed by atoms with Crippen LogP contribution in [0.15, 0.2) is 60.9 Å². The highest BCUT2D eigenvalue weighted by Crippen LogP contribution is 2.19. The molecule has 78 heavy (non-hydrogen) atoms. The first-order chi connectivity index (χ1) is 36.8. The molecule has 0 radical (unpaired) electrons. The number of aliphatic hydroxyl groups is 1. The molecule has 2 heterocycles. The zero-order chi connectivity index (χ0) is 58.3. The number of aromatic nitrogens is 4. The monoisotopic (exact) mass is 1120 g/mol. The standard InChI is InChI=1S/C51H68N12O13S2/c1-26(2)40(50(73)75-11)62(9)48(71)38(24-77)60(7)47(70)29(6)55-45(68)37(59-43(66)35-21-53-31-17-13-15-19-33(31)57-35)23-76-51(74)41(27(3)4)63(10)49(72)39(25-78)61(8)46(69)28(5)54-44(67)36(22-64)58-42(65)34-20-52-30-16-12-14-18-32(30)56-34/h12-21,26-29,36-41,64,77-78H,22-25H2,1-11H3,(H,54,67)(H,55,68)(H,58,65)(H,59,66)/t28?,29?,36?,37?,38-,39-,40?,41?/m0/s1. The number of benzene rings is 2. The van der Waals surface area contributed by atoms with E-state index in [9.17, 15) is 53.1 Å². The number of hydrogen-bond donors (Lipinski definition) is 7. The number of aliphatic hydroxyl groups excluding tert-OH is 1. The molecule has 2 aromatic heterocycles.